The molecule has 1 aromatic carbocycles. The molecule has 1 heterocycles. The minimum atomic E-state index is 0.454. The highest BCUT2D eigenvalue weighted by atomic mass is 35.5. The summed E-state index contributed by atoms with van der Waals surface area (Å²) in [4.78, 5) is 0. The molecule has 20 heavy (non-hydrogen) atoms. The Morgan fingerprint density at radius 2 is 2.20 bits per heavy atom. The molecule has 108 valence electrons. The molecular formula is C15H20ClN3O. The second-order valence-corrected chi connectivity index (χ2v) is 5.06. The Balaban J connectivity index is 2.18. The quantitative estimate of drug-likeness (QED) is 0.891. The van der Waals surface area contributed by atoms with Gasteiger partial charge >= 0.3 is 0 Å². The zero-order valence-corrected chi connectivity index (χ0v) is 12.7. The van der Waals surface area contributed by atoms with Gasteiger partial charge in [0.25, 0.3) is 0 Å². The van der Waals surface area contributed by atoms with E-state index in [0.717, 1.165) is 35.7 Å². The zero-order chi connectivity index (χ0) is 14.5. The van der Waals surface area contributed by atoms with Crippen molar-refractivity contribution < 1.29 is 4.74 Å². The highest BCUT2D eigenvalue weighted by Crippen LogP contribution is 2.29. The van der Waals surface area contributed by atoms with Gasteiger partial charge in [-0.15, -0.1) is 0 Å². The Bertz CT molecular complexity index is 580. The Morgan fingerprint density at radius 1 is 1.40 bits per heavy atom. The van der Waals surface area contributed by atoms with E-state index >= 15 is 0 Å². The zero-order valence-electron chi connectivity index (χ0n) is 11.9. The predicted molar refractivity (Wildman–Crippen MR) is 81.2 cm³/mol. The topological polar surface area (TPSA) is 53.1 Å². The van der Waals surface area contributed by atoms with Gasteiger partial charge in [-0.25, -0.2) is 0 Å². The van der Waals surface area contributed by atoms with Crippen LogP contribution >= 0.6 is 11.6 Å². The molecule has 2 rings (SSSR count). The first-order chi connectivity index (χ1) is 9.65. The summed E-state index contributed by atoms with van der Waals surface area (Å²) in [5.41, 5.74) is 8.70. The van der Waals surface area contributed by atoms with E-state index in [0.29, 0.717) is 18.2 Å². The molecule has 2 N–H and O–H groups in total. The van der Waals surface area contributed by atoms with Crippen LogP contribution in [0.15, 0.2) is 24.3 Å². The number of aromatic nitrogens is 2. The maximum atomic E-state index is 6.22. The summed E-state index contributed by atoms with van der Waals surface area (Å²) in [6.45, 7) is 5.89. The van der Waals surface area contributed by atoms with Crippen LogP contribution in [0, 0.1) is 6.92 Å². The first-order valence-electron chi connectivity index (χ1n) is 6.79. The summed E-state index contributed by atoms with van der Waals surface area (Å²) in [5, 5.41) is 5.03. The van der Waals surface area contributed by atoms with Crippen LogP contribution in [0.4, 0.5) is 0 Å². The third-order valence-electron chi connectivity index (χ3n) is 3.11. The number of aryl methyl sites for hydroxylation is 2. The summed E-state index contributed by atoms with van der Waals surface area (Å²) < 4.78 is 7.85. The van der Waals surface area contributed by atoms with Crippen LogP contribution in [0.5, 0.6) is 5.75 Å². The first kappa shape index (κ1) is 14.9. The van der Waals surface area contributed by atoms with Crippen molar-refractivity contribution in [2.24, 2.45) is 5.73 Å². The van der Waals surface area contributed by atoms with Gasteiger partial charge in [0.2, 0.25) is 0 Å². The molecule has 5 heteroatoms. The fraction of sp³-hybridized carbons (Fsp3) is 0.400. The largest absolute Gasteiger partial charge is 0.485 e. The van der Waals surface area contributed by atoms with Crippen molar-refractivity contribution >= 4 is 11.6 Å². The van der Waals surface area contributed by atoms with Crippen LogP contribution in [0.3, 0.4) is 0 Å². The van der Waals surface area contributed by atoms with Gasteiger partial charge in [0.05, 0.1) is 16.4 Å². The van der Waals surface area contributed by atoms with Gasteiger partial charge in [-0.2, -0.15) is 5.10 Å². The maximum absolute atomic E-state index is 6.22. The molecule has 0 aliphatic carbocycles. The van der Waals surface area contributed by atoms with E-state index in [9.17, 15) is 0 Å². The summed E-state index contributed by atoms with van der Waals surface area (Å²) >= 11 is 6.22. The number of halogens is 1. The first-order valence-corrected chi connectivity index (χ1v) is 7.17. The van der Waals surface area contributed by atoms with Gasteiger partial charge in [-0.3, -0.25) is 4.68 Å². The molecule has 2 aromatic rings. The van der Waals surface area contributed by atoms with Gasteiger partial charge < -0.3 is 10.5 Å². The number of hydrogen-bond acceptors (Lipinski definition) is 3. The van der Waals surface area contributed by atoms with Crippen LogP contribution in [0.1, 0.15) is 23.9 Å². The lowest BCUT2D eigenvalue weighted by molar-refractivity contribution is 0.290. The number of ether oxygens (including phenoxy) is 1. The Morgan fingerprint density at radius 3 is 2.90 bits per heavy atom. The molecule has 0 saturated heterocycles. The number of hydrogen-bond donors (Lipinski definition) is 1. The van der Waals surface area contributed by atoms with Crippen molar-refractivity contribution in [1.29, 1.82) is 0 Å². The van der Waals surface area contributed by atoms with Crippen molar-refractivity contribution in [1.82, 2.24) is 9.78 Å². The minimum absolute atomic E-state index is 0.454. The minimum Gasteiger partial charge on any atom is -0.485 e. The van der Waals surface area contributed by atoms with Crippen LogP contribution < -0.4 is 10.5 Å². The average Bonchev–Trinajstić information content (AvgIpc) is 2.79. The molecule has 0 atom stereocenters. The molecule has 0 aliphatic heterocycles. The number of para-hydroxylation sites is 1. The molecule has 0 bridgehead atoms. The van der Waals surface area contributed by atoms with Crippen molar-refractivity contribution in [3.8, 4) is 5.75 Å². The molecule has 0 radical (unpaired) electrons. The standard InChI is InChI=1S/C15H20ClN3O/c1-3-19-13(9-11(2)18-19)10-20-15-12(7-8-17)5-4-6-14(15)16/h4-6,9H,3,7-8,10,17H2,1-2H3. The third-order valence-corrected chi connectivity index (χ3v) is 3.41. The molecular weight excluding hydrogens is 274 g/mol. The number of nitrogens with zero attached hydrogens (tertiary/aromatic N) is 2. The van der Waals surface area contributed by atoms with E-state index < -0.39 is 0 Å². The van der Waals surface area contributed by atoms with Crippen LogP contribution in [-0.4, -0.2) is 16.3 Å². The molecule has 0 saturated carbocycles. The van der Waals surface area contributed by atoms with E-state index in [4.69, 9.17) is 22.1 Å². The SMILES string of the molecule is CCn1nc(C)cc1COc1c(Cl)cccc1CCN. The highest BCUT2D eigenvalue weighted by Gasteiger charge is 2.10. The molecule has 0 fully saturated rings. The van der Waals surface area contributed by atoms with Gasteiger partial charge in [0.15, 0.2) is 0 Å². The monoisotopic (exact) mass is 293 g/mol. The number of benzene rings is 1. The number of nitrogens with two attached hydrogens (primary N) is 1. The van der Waals surface area contributed by atoms with Gasteiger partial charge in [0.1, 0.15) is 12.4 Å². The van der Waals surface area contributed by atoms with Crippen molar-refractivity contribution in [2.45, 2.75) is 33.4 Å². The van der Waals surface area contributed by atoms with E-state index in [1.807, 2.05) is 35.9 Å². The normalized spacial score (nSPS) is 10.8. The summed E-state index contributed by atoms with van der Waals surface area (Å²) in [7, 11) is 0. The molecule has 1 aromatic heterocycles. The maximum Gasteiger partial charge on any atom is 0.141 e. The highest BCUT2D eigenvalue weighted by molar-refractivity contribution is 6.32. The van der Waals surface area contributed by atoms with Crippen molar-refractivity contribution in [2.75, 3.05) is 6.54 Å². The predicted octanol–water partition coefficient (Wildman–Crippen LogP) is 2.95. The van der Waals surface area contributed by atoms with E-state index in [1.165, 1.54) is 0 Å². The Hall–Kier alpha value is -1.52. The summed E-state index contributed by atoms with van der Waals surface area (Å²) in [5.74, 6) is 0.723. The number of rotatable bonds is 6. The third kappa shape index (κ3) is 3.32. The molecule has 0 spiro atoms. The van der Waals surface area contributed by atoms with E-state index in [1.54, 1.807) is 0 Å². The van der Waals surface area contributed by atoms with Crippen LogP contribution in [-0.2, 0) is 19.6 Å². The lowest BCUT2D eigenvalue weighted by Gasteiger charge is -2.13. The fourth-order valence-corrected chi connectivity index (χ4v) is 2.45. The van der Waals surface area contributed by atoms with E-state index in [-0.39, 0.29) is 0 Å². The Kier molecular flexibility index (Phi) is 5.04. The van der Waals surface area contributed by atoms with Crippen molar-refractivity contribution in [3.63, 3.8) is 0 Å². The molecule has 0 unspecified atom stereocenters. The fourth-order valence-electron chi connectivity index (χ4n) is 2.20. The van der Waals surface area contributed by atoms with Gasteiger partial charge in [-0.05, 0) is 44.5 Å². The molecule has 0 aliphatic rings. The Labute approximate surface area is 124 Å². The van der Waals surface area contributed by atoms with Gasteiger partial charge in [0, 0.05) is 6.54 Å². The molecule has 4 nitrogen and oxygen atoms in total. The second-order valence-electron chi connectivity index (χ2n) is 4.65. The lowest BCUT2D eigenvalue weighted by atomic mass is 10.1. The van der Waals surface area contributed by atoms with Crippen LogP contribution in [0.25, 0.3) is 0 Å². The summed E-state index contributed by atoms with van der Waals surface area (Å²) in [6.07, 6.45) is 0.752. The molecule has 0 amide bonds. The second kappa shape index (κ2) is 6.77. The van der Waals surface area contributed by atoms with Crippen molar-refractivity contribution in [3.05, 3.63) is 46.2 Å². The smallest absolute Gasteiger partial charge is 0.141 e. The summed E-state index contributed by atoms with van der Waals surface area (Å²) in [6, 6.07) is 7.78. The van der Waals surface area contributed by atoms with Gasteiger partial charge in [-0.1, -0.05) is 23.7 Å². The van der Waals surface area contributed by atoms with Crippen LogP contribution in [0.2, 0.25) is 5.02 Å². The van der Waals surface area contributed by atoms with E-state index in [2.05, 4.69) is 12.0 Å². The lowest BCUT2D eigenvalue weighted by Crippen LogP contribution is -2.09. The average molecular weight is 294 g/mol.